The Balaban J connectivity index is 1.61. The van der Waals surface area contributed by atoms with Crippen molar-refractivity contribution >= 4 is 22.8 Å². The summed E-state index contributed by atoms with van der Waals surface area (Å²) in [5, 5.41) is 5.53. The second-order valence-corrected chi connectivity index (χ2v) is 6.71. The van der Waals surface area contributed by atoms with Crippen molar-refractivity contribution in [1.82, 2.24) is 14.4 Å². The number of hydrogen-bond donors (Lipinski definition) is 1. The van der Waals surface area contributed by atoms with Gasteiger partial charge in [0.25, 0.3) is 0 Å². The molecule has 6 heteroatoms. The number of anilines is 1. The number of ether oxygens (including phenoxy) is 1. The van der Waals surface area contributed by atoms with E-state index in [9.17, 15) is 0 Å². The summed E-state index contributed by atoms with van der Waals surface area (Å²) in [5.41, 5.74) is 4.30. The maximum absolute atomic E-state index is 5.19. The normalized spacial score (nSPS) is 11.0. The predicted octanol–water partition coefficient (Wildman–Crippen LogP) is 4.39. The Morgan fingerprint density at radius 3 is 2.76 bits per heavy atom. The highest BCUT2D eigenvalue weighted by molar-refractivity contribution is 7.13. The van der Waals surface area contributed by atoms with Crippen LogP contribution >= 0.6 is 11.3 Å². The van der Waals surface area contributed by atoms with Gasteiger partial charge < -0.3 is 10.1 Å². The van der Waals surface area contributed by atoms with Crippen LogP contribution in [0.2, 0.25) is 0 Å². The van der Waals surface area contributed by atoms with E-state index >= 15 is 0 Å². The molecule has 5 nitrogen and oxygen atoms in total. The van der Waals surface area contributed by atoms with Gasteiger partial charge in [0.05, 0.1) is 23.9 Å². The highest BCUT2D eigenvalue weighted by Gasteiger charge is 2.11. The van der Waals surface area contributed by atoms with Crippen molar-refractivity contribution in [3.63, 3.8) is 0 Å². The van der Waals surface area contributed by atoms with E-state index in [1.165, 1.54) is 10.4 Å². The SMILES string of the molecule is COc1ccc(CNc2ncc(-c3cc(C)cs3)n3ccnc23)cc1. The van der Waals surface area contributed by atoms with Crippen molar-refractivity contribution in [3.8, 4) is 16.3 Å². The molecule has 4 aromatic rings. The van der Waals surface area contributed by atoms with Gasteiger partial charge in [0.1, 0.15) is 5.75 Å². The first-order valence-electron chi connectivity index (χ1n) is 7.99. The lowest BCUT2D eigenvalue weighted by molar-refractivity contribution is 0.414. The van der Waals surface area contributed by atoms with Crippen LogP contribution in [-0.4, -0.2) is 21.5 Å². The molecule has 0 fully saturated rings. The average molecular weight is 350 g/mol. The van der Waals surface area contributed by atoms with Crippen molar-refractivity contribution < 1.29 is 4.74 Å². The molecular weight excluding hydrogens is 332 g/mol. The number of rotatable bonds is 5. The van der Waals surface area contributed by atoms with Crippen LogP contribution in [-0.2, 0) is 6.54 Å². The number of nitrogens with zero attached hydrogens (tertiary/aromatic N) is 3. The maximum atomic E-state index is 5.19. The summed E-state index contributed by atoms with van der Waals surface area (Å²) in [4.78, 5) is 10.3. The van der Waals surface area contributed by atoms with Crippen LogP contribution in [0.3, 0.4) is 0 Å². The quantitative estimate of drug-likeness (QED) is 0.580. The Hall–Kier alpha value is -2.86. The van der Waals surface area contributed by atoms with Gasteiger partial charge in [-0.15, -0.1) is 11.3 Å². The van der Waals surface area contributed by atoms with Crippen LogP contribution in [0.1, 0.15) is 11.1 Å². The highest BCUT2D eigenvalue weighted by Crippen LogP contribution is 2.28. The van der Waals surface area contributed by atoms with E-state index in [2.05, 4.69) is 38.1 Å². The Labute approximate surface area is 150 Å². The molecular formula is C19H18N4OS. The Bertz CT molecular complexity index is 1000. The van der Waals surface area contributed by atoms with Gasteiger partial charge in [0, 0.05) is 18.9 Å². The zero-order valence-electron chi connectivity index (χ0n) is 14.1. The van der Waals surface area contributed by atoms with Crippen molar-refractivity contribution in [2.45, 2.75) is 13.5 Å². The van der Waals surface area contributed by atoms with Crippen LogP contribution in [0.25, 0.3) is 16.2 Å². The summed E-state index contributed by atoms with van der Waals surface area (Å²) in [6.07, 6.45) is 5.68. The van der Waals surface area contributed by atoms with Crippen molar-refractivity contribution in [2.75, 3.05) is 12.4 Å². The number of imidazole rings is 1. The third kappa shape index (κ3) is 3.08. The lowest BCUT2D eigenvalue weighted by Gasteiger charge is -2.10. The number of aromatic nitrogens is 3. The largest absolute Gasteiger partial charge is 0.497 e. The van der Waals surface area contributed by atoms with E-state index in [0.717, 1.165) is 28.5 Å². The van der Waals surface area contributed by atoms with Gasteiger partial charge in [-0.3, -0.25) is 4.40 Å². The lowest BCUT2D eigenvalue weighted by Crippen LogP contribution is -2.04. The highest BCUT2D eigenvalue weighted by atomic mass is 32.1. The molecule has 0 aliphatic rings. The van der Waals surface area contributed by atoms with Crippen LogP contribution in [0.5, 0.6) is 5.75 Å². The predicted molar refractivity (Wildman–Crippen MR) is 101 cm³/mol. The molecule has 3 aromatic heterocycles. The monoisotopic (exact) mass is 350 g/mol. The second-order valence-electron chi connectivity index (χ2n) is 5.80. The first-order valence-corrected chi connectivity index (χ1v) is 8.87. The minimum atomic E-state index is 0.678. The second kappa shape index (κ2) is 6.57. The van der Waals surface area contributed by atoms with E-state index in [1.807, 2.05) is 36.7 Å². The molecule has 0 bridgehead atoms. The van der Waals surface area contributed by atoms with Crippen LogP contribution in [0.15, 0.2) is 54.3 Å². The molecule has 25 heavy (non-hydrogen) atoms. The minimum absolute atomic E-state index is 0.678. The van der Waals surface area contributed by atoms with Gasteiger partial charge in [-0.2, -0.15) is 0 Å². The number of nitrogens with one attached hydrogen (secondary N) is 1. The topological polar surface area (TPSA) is 51.5 Å². The molecule has 0 saturated carbocycles. The minimum Gasteiger partial charge on any atom is -0.497 e. The first kappa shape index (κ1) is 15.7. The number of benzene rings is 1. The maximum Gasteiger partial charge on any atom is 0.180 e. The van der Waals surface area contributed by atoms with Gasteiger partial charge >= 0.3 is 0 Å². The molecule has 0 aliphatic heterocycles. The van der Waals surface area contributed by atoms with Crippen molar-refractivity contribution in [3.05, 3.63) is 65.4 Å². The van der Waals surface area contributed by atoms with E-state index in [4.69, 9.17) is 4.74 Å². The van der Waals surface area contributed by atoms with Crippen LogP contribution < -0.4 is 10.1 Å². The lowest BCUT2D eigenvalue weighted by atomic mass is 10.2. The Morgan fingerprint density at radius 2 is 2.04 bits per heavy atom. The molecule has 0 spiro atoms. The van der Waals surface area contributed by atoms with Gasteiger partial charge in [0.2, 0.25) is 0 Å². The molecule has 1 aromatic carbocycles. The Kier molecular flexibility index (Phi) is 4.11. The number of fused-ring (bicyclic) bond motifs is 1. The third-order valence-corrected chi connectivity index (χ3v) is 5.10. The summed E-state index contributed by atoms with van der Waals surface area (Å²) in [6, 6.07) is 10.2. The number of methoxy groups -OCH3 is 1. The fourth-order valence-corrected chi connectivity index (χ4v) is 3.63. The van der Waals surface area contributed by atoms with Crippen LogP contribution in [0.4, 0.5) is 5.82 Å². The van der Waals surface area contributed by atoms with Crippen molar-refractivity contribution in [2.24, 2.45) is 0 Å². The summed E-state index contributed by atoms with van der Waals surface area (Å²) < 4.78 is 7.27. The fraction of sp³-hybridized carbons (Fsp3) is 0.158. The number of thiophene rings is 1. The summed E-state index contributed by atoms with van der Waals surface area (Å²) in [5.74, 6) is 1.63. The summed E-state index contributed by atoms with van der Waals surface area (Å²) in [7, 11) is 1.67. The molecule has 0 amide bonds. The fourth-order valence-electron chi connectivity index (χ4n) is 2.72. The van der Waals surface area contributed by atoms with Crippen molar-refractivity contribution in [1.29, 1.82) is 0 Å². The van der Waals surface area contributed by atoms with Gasteiger partial charge in [-0.05, 0) is 41.6 Å². The average Bonchev–Trinajstić information content (AvgIpc) is 3.29. The molecule has 0 saturated heterocycles. The van der Waals surface area contributed by atoms with E-state index in [-0.39, 0.29) is 0 Å². The van der Waals surface area contributed by atoms with E-state index < -0.39 is 0 Å². The zero-order valence-corrected chi connectivity index (χ0v) is 14.9. The first-order chi connectivity index (χ1) is 12.2. The van der Waals surface area contributed by atoms with Gasteiger partial charge in [0.15, 0.2) is 11.5 Å². The third-order valence-electron chi connectivity index (χ3n) is 4.03. The number of aryl methyl sites for hydroxylation is 1. The van der Waals surface area contributed by atoms with Crippen LogP contribution in [0, 0.1) is 6.92 Å². The molecule has 0 aliphatic carbocycles. The van der Waals surface area contributed by atoms with E-state index in [1.54, 1.807) is 24.6 Å². The molecule has 0 unspecified atom stereocenters. The van der Waals surface area contributed by atoms with E-state index in [0.29, 0.717) is 6.54 Å². The summed E-state index contributed by atoms with van der Waals surface area (Å²) >= 11 is 1.72. The standard InChI is InChI=1S/C19H18N4OS/c1-13-9-17(25-12-13)16-11-22-18(19-20-7-8-23(16)19)21-10-14-3-5-15(24-2)6-4-14/h3-9,11-12H,10H2,1-2H3,(H,21,22). The van der Waals surface area contributed by atoms with Gasteiger partial charge in [-0.1, -0.05) is 12.1 Å². The van der Waals surface area contributed by atoms with Gasteiger partial charge in [-0.25, -0.2) is 9.97 Å². The zero-order chi connectivity index (χ0) is 17.2. The molecule has 1 N–H and O–H groups in total. The molecule has 4 rings (SSSR count). The number of hydrogen-bond acceptors (Lipinski definition) is 5. The summed E-state index contributed by atoms with van der Waals surface area (Å²) in [6.45, 7) is 2.78. The molecule has 126 valence electrons. The Morgan fingerprint density at radius 1 is 1.20 bits per heavy atom. The molecule has 0 radical (unpaired) electrons. The smallest absolute Gasteiger partial charge is 0.180 e. The molecule has 0 atom stereocenters. The molecule has 3 heterocycles.